The third-order valence-electron chi connectivity index (χ3n) is 2.91. The Morgan fingerprint density at radius 3 is 2.89 bits per heavy atom. The number of para-hydroxylation sites is 1. The molecular weight excluding hydrogens is 285 g/mol. The Labute approximate surface area is 119 Å². The number of rotatable bonds is 3. The summed E-state index contributed by atoms with van der Waals surface area (Å²) in [6, 6.07) is 7.45. The normalized spacial score (nSPS) is 13.0. The molecule has 1 aromatic carbocycles. The van der Waals surface area contributed by atoms with Gasteiger partial charge in [0.25, 0.3) is 0 Å². The Morgan fingerprint density at radius 2 is 2.21 bits per heavy atom. The van der Waals surface area contributed by atoms with Crippen LogP contribution in [0.5, 0.6) is 0 Å². The summed E-state index contributed by atoms with van der Waals surface area (Å²) in [5, 5.41) is 4.36. The Bertz CT molecular complexity index is 704. The van der Waals surface area contributed by atoms with E-state index in [1.807, 2.05) is 35.8 Å². The number of hydrogen-bond acceptors (Lipinski definition) is 3. The third kappa shape index (κ3) is 2.22. The van der Waals surface area contributed by atoms with Gasteiger partial charge in [-0.05, 0) is 19.1 Å². The molecule has 0 spiro atoms. The van der Waals surface area contributed by atoms with Gasteiger partial charge in [0.05, 0.1) is 28.0 Å². The van der Waals surface area contributed by atoms with Crippen molar-refractivity contribution in [1.29, 1.82) is 0 Å². The van der Waals surface area contributed by atoms with E-state index in [4.69, 9.17) is 27.7 Å². The maximum atomic E-state index is 6.27. The molecule has 3 rings (SSSR count). The van der Waals surface area contributed by atoms with Crippen LogP contribution in [-0.4, -0.2) is 14.7 Å². The lowest BCUT2D eigenvalue weighted by Gasteiger charge is -2.09. The number of benzene rings is 1. The van der Waals surface area contributed by atoms with Crippen LogP contribution in [0.2, 0.25) is 5.02 Å². The minimum atomic E-state index is -0.213. The third-order valence-corrected chi connectivity index (χ3v) is 3.41. The fourth-order valence-corrected chi connectivity index (χ4v) is 2.54. The van der Waals surface area contributed by atoms with Crippen LogP contribution in [0, 0.1) is 0 Å². The van der Waals surface area contributed by atoms with E-state index in [1.165, 1.54) is 0 Å². The minimum Gasteiger partial charge on any atom is -0.364 e. The summed E-state index contributed by atoms with van der Waals surface area (Å²) in [7, 11) is 0. The van der Waals surface area contributed by atoms with Gasteiger partial charge < -0.3 is 9.09 Å². The molecular formula is C13H11Cl2N3O. The van der Waals surface area contributed by atoms with E-state index in [0.29, 0.717) is 11.6 Å². The molecule has 2 heterocycles. The van der Waals surface area contributed by atoms with Crippen molar-refractivity contribution >= 4 is 34.2 Å². The minimum absolute atomic E-state index is 0.213. The lowest BCUT2D eigenvalue weighted by Crippen LogP contribution is -2.06. The number of aromatic nitrogens is 3. The van der Waals surface area contributed by atoms with Crippen molar-refractivity contribution in [3.8, 4) is 0 Å². The maximum Gasteiger partial charge on any atom is 0.128 e. The Kier molecular flexibility index (Phi) is 3.21. The number of imidazole rings is 1. The zero-order valence-corrected chi connectivity index (χ0v) is 11.7. The van der Waals surface area contributed by atoms with E-state index in [2.05, 4.69) is 10.1 Å². The summed E-state index contributed by atoms with van der Waals surface area (Å²) in [6.07, 6.45) is 1.54. The smallest absolute Gasteiger partial charge is 0.128 e. The van der Waals surface area contributed by atoms with E-state index >= 15 is 0 Å². The quantitative estimate of drug-likeness (QED) is 0.685. The first-order chi connectivity index (χ1) is 9.16. The molecule has 19 heavy (non-hydrogen) atoms. The summed E-state index contributed by atoms with van der Waals surface area (Å²) in [4.78, 5) is 4.54. The molecule has 3 aromatic rings. The van der Waals surface area contributed by atoms with Gasteiger partial charge in [-0.25, -0.2) is 4.98 Å². The second-order valence-corrected chi connectivity index (χ2v) is 5.33. The monoisotopic (exact) mass is 295 g/mol. The molecule has 2 aromatic heterocycles. The van der Waals surface area contributed by atoms with Crippen LogP contribution in [0.15, 0.2) is 35.1 Å². The summed E-state index contributed by atoms with van der Waals surface area (Å²) >= 11 is 12.5. The van der Waals surface area contributed by atoms with Crippen LogP contribution in [0.25, 0.3) is 11.0 Å². The molecule has 6 heteroatoms. The molecule has 4 nitrogen and oxygen atoms in total. The average molecular weight is 296 g/mol. The van der Waals surface area contributed by atoms with Crippen molar-refractivity contribution in [3.63, 3.8) is 0 Å². The molecule has 0 fully saturated rings. The molecule has 0 aliphatic heterocycles. The van der Waals surface area contributed by atoms with E-state index in [-0.39, 0.29) is 5.38 Å². The van der Waals surface area contributed by atoms with Gasteiger partial charge in [-0.15, -0.1) is 11.6 Å². The highest BCUT2D eigenvalue weighted by atomic mass is 35.5. The molecule has 0 aliphatic rings. The van der Waals surface area contributed by atoms with Gasteiger partial charge in [0, 0.05) is 6.07 Å². The van der Waals surface area contributed by atoms with Crippen LogP contribution in [0.4, 0.5) is 0 Å². The number of halogens is 2. The lowest BCUT2D eigenvalue weighted by molar-refractivity contribution is 0.409. The molecule has 1 unspecified atom stereocenters. The number of alkyl halides is 1. The Morgan fingerprint density at radius 1 is 1.37 bits per heavy atom. The second kappa shape index (κ2) is 4.87. The van der Waals surface area contributed by atoms with Crippen molar-refractivity contribution in [1.82, 2.24) is 14.7 Å². The lowest BCUT2D eigenvalue weighted by atomic mass is 10.3. The molecule has 0 radical (unpaired) electrons. The topological polar surface area (TPSA) is 43.9 Å². The predicted molar refractivity (Wildman–Crippen MR) is 74.6 cm³/mol. The van der Waals surface area contributed by atoms with Crippen molar-refractivity contribution in [2.24, 2.45) is 0 Å². The molecule has 1 atom stereocenters. The van der Waals surface area contributed by atoms with Crippen molar-refractivity contribution in [2.45, 2.75) is 18.8 Å². The molecule has 0 N–H and O–H groups in total. The summed E-state index contributed by atoms with van der Waals surface area (Å²) < 4.78 is 6.84. The Hall–Kier alpha value is -1.52. The van der Waals surface area contributed by atoms with E-state index in [1.54, 1.807) is 6.26 Å². The predicted octanol–water partition coefficient (Wildman–Crippen LogP) is 4.03. The summed E-state index contributed by atoms with van der Waals surface area (Å²) in [5.41, 5.74) is 2.51. The summed E-state index contributed by atoms with van der Waals surface area (Å²) in [6.45, 7) is 2.42. The molecule has 0 saturated carbocycles. The highest BCUT2D eigenvalue weighted by Crippen LogP contribution is 2.29. The van der Waals surface area contributed by atoms with Gasteiger partial charge in [0.2, 0.25) is 0 Å². The first-order valence-electron chi connectivity index (χ1n) is 5.85. The first-order valence-corrected chi connectivity index (χ1v) is 6.66. The maximum absolute atomic E-state index is 6.27. The van der Waals surface area contributed by atoms with Crippen LogP contribution in [0.3, 0.4) is 0 Å². The average Bonchev–Trinajstić information content (AvgIpc) is 2.98. The van der Waals surface area contributed by atoms with E-state index < -0.39 is 0 Å². The molecule has 0 bridgehead atoms. The fraction of sp³-hybridized carbons (Fsp3) is 0.231. The van der Waals surface area contributed by atoms with Crippen molar-refractivity contribution in [3.05, 3.63) is 47.1 Å². The molecule has 0 amide bonds. The number of fused-ring (bicyclic) bond motifs is 1. The molecule has 98 valence electrons. The highest BCUT2D eigenvalue weighted by molar-refractivity contribution is 6.35. The van der Waals surface area contributed by atoms with Crippen LogP contribution in [0.1, 0.15) is 23.8 Å². The van der Waals surface area contributed by atoms with Crippen molar-refractivity contribution in [2.75, 3.05) is 0 Å². The van der Waals surface area contributed by atoms with Crippen LogP contribution >= 0.6 is 23.2 Å². The van der Waals surface area contributed by atoms with Gasteiger partial charge in [-0.1, -0.05) is 22.8 Å². The molecule has 0 aliphatic carbocycles. The molecule has 0 saturated heterocycles. The van der Waals surface area contributed by atoms with E-state index in [9.17, 15) is 0 Å². The van der Waals surface area contributed by atoms with Gasteiger partial charge in [-0.2, -0.15) is 0 Å². The highest BCUT2D eigenvalue weighted by Gasteiger charge is 2.17. The van der Waals surface area contributed by atoms with Gasteiger partial charge in [0.1, 0.15) is 17.8 Å². The Balaban J connectivity index is 2.21. The number of nitrogens with zero attached hydrogens (tertiary/aromatic N) is 3. The number of hydrogen-bond donors (Lipinski definition) is 0. The first kappa shape index (κ1) is 12.5. The largest absolute Gasteiger partial charge is 0.364 e. The van der Waals surface area contributed by atoms with Crippen LogP contribution < -0.4 is 0 Å². The van der Waals surface area contributed by atoms with Gasteiger partial charge in [-0.3, -0.25) is 0 Å². The standard InChI is InChI=1S/C13H11Cl2N3O/c1-8(14)13-16-11-4-2-3-10(15)12(11)18(13)7-9-5-6-19-17-9/h2-6,8H,7H2,1H3. The van der Waals surface area contributed by atoms with Gasteiger partial charge >= 0.3 is 0 Å². The van der Waals surface area contributed by atoms with Crippen LogP contribution in [-0.2, 0) is 6.54 Å². The van der Waals surface area contributed by atoms with Gasteiger partial charge in [0.15, 0.2) is 0 Å². The fourth-order valence-electron chi connectivity index (χ4n) is 2.10. The zero-order chi connectivity index (χ0) is 13.4. The summed E-state index contributed by atoms with van der Waals surface area (Å²) in [5.74, 6) is 0.771. The second-order valence-electron chi connectivity index (χ2n) is 4.27. The zero-order valence-electron chi connectivity index (χ0n) is 10.2. The van der Waals surface area contributed by atoms with Crippen molar-refractivity contribution < 1.29 is 4.52 Å². The van der Waals surface area contributed by atoms with E-state index in [0.717, 1.165) is 22.6 Å². The SMILES string of the molecule is CC(Cl)c1nc2cccc(Cl)c2n1Cc1ccon1.